The Balaban J connectivity index is 2.04. The molecule has 1 aliphatic rings. The van der Waals surface area contributed by atoms with Crippen molar-refractivity contribution < 1.29 is 9.13 Å². The maximum Gasteiger partial charge on any atom is 0.255 e. The van der Waals surface area contributed by atoms with E-state index in [4.69, 9.17) is 10.6 Å². The highest BCUT2D eigenvalue weighted by molar-refractivity contribution is 5.26. The molecule has 100 valence electrons. The highest BCUT2D eigenvalue weighted by Crippen LogP contribution is 2.29. The quantitative estimate of drug-likeness (QED) is 0.637. The van der Waals surface area contributed by atoms with E-state index < -0.39 is 5.82 Å². The minimum atomic E-state index is -0.548. The van der Waals surface area contributed by atoms with Gasteiger partial charge in [-0.3, -0.25) is 5.43 Å². The molecule has 2 atom stereocenters. The minimum Gasteiger partial charge on any atom is -0.472 e. The van der Waals surface area contributed by atoms with Crippen molar-refractivity contribution in [3.63, 3.8) is 0 Å². The largest absolute Gasteiger partial charge is 0.472 e. The normalized spacial score (nSPS) is 23.7. The zero-order valence-electron chi connectivity index (χ0n) is 10.5. The van der Waals surface area contributed by atoms with Gasteiger partial charge in [0.15, 0.2) is 0 Å². The summed E-state index contributed by atoms with van der Waals surface area (Å²) in [5, 5.41) is 0. The predicted molar refractivity (Wildman–Crippen MR) is 66.5 cm³/mol. The Bertz CT molecular complexity index is 402. The number of nitrogens with two attached hydrogens (primary N) is 1. The molecule has 2 unspecified atom stereocenters. The molecule has 6 heteroatoms. The van der Waals surface area contributed by atoms with Crippen LogP contribution in [0.2, 0.25) is 0 Å². The summed E-state index contributed by atoms with van der Waals surface area (Å²) in [5.41, 5.74) is 2.28. The van der Waals surface area contributed by atoms with E-state index in [1.165, 1.54) is 6.42 Å². The number of nitrogen functional groups attached to an aromatic ring is 1. The summed E-state index contributed by atoms with van der Waals surface area (Å²) in [6.45, 7) is 2.18. The van der Waals surface area contributed by atoms with E-state index in [-0.39, 0.29) is 17.9 Å². The molecule has 0 spiro atoms. The third-order valence-corrected chi connectivity index (χ3v) is 3.43. The lowest BCUT2D eigenvalue weighted by Crippen LogP contribution is -2.26. The minimum absolute atomic E-state index is 0.0142. The van der Waals surface area contributed by atoms with E-state index in [0.29, 0.717) is 5.92 Å². The Morgan fingerprint density at radius 1 is 1.56 bits per heavy atom. The molecule has 1 aromatic rings. The van der Waals surface area contributed by atoms with Gasteiger partial charge < -0.3 is 4.74 Å². The fourth-order valence-corrected chi connectivity index (χ4v) is 2.38. The van der Waals surface area contributed by atoms with Crippen molar-refractivity contribution in [3.8, 4) is 5.88 Å². The number of hydrogen-bond donors (Lipinski definition) is 2. The lowest BCUT2D eigenvalue weighted by atomic mass is 9.85. The third-order valence-electron chi connectivity index (χ3n) is 3.43. The number of hydrogen-bond acceptors (Lipinski definition) is 5. The molecule has 0 amide bonds. The van der Waals surface area contributed by atoms with Crippen LogP contribution in [-0.2, 0) is 0 Å². The van der Waals surface area contributed by atoms with Crippen molar-refractivity contribution in [1.29, 1.82) is 0 Å². The molecule has 0 radical (unpaired) electrons. The van der Waals surface area contributed by atoms with Crippen molar-refractivity contribution in [2.24, 2.45) is 11.8 Å². The number of halogens is 1. The lowest BCUT2D eigenvalue weighted by Gasteiger charge is -2.28. The van der Waals surface area contributed by atoms with Crippen LogP contribution < -0.4 is 16.0 Å². The first-order chi connectivity index (χ1) is 8.72. The molecule has 18 heavy (non-hydrogen) atoms. The van der Waals surface area contributed by atoms with Crippen LogP contribution in [0.5, 0.6) is 5.88 Å². The van der Waals surface area contributed by atoms with Gasteiger partial charge in [0.2, 0.25) is 11.8 Å². The number of ether oxygens (including phenoxy) is 1. The van der Waals surface area contributed by atoms with Gasteiger partial charge in [0.05, 0.1) is 6.20 Å². The number of rotatable bonds is 4. The first kappa shape index (κ1) is 13.0. The molecule has 0 aromatic carbocycles. The Hall–Kier alpha value is -1.43. The van der Waals surface area contributed by atoms with Crippen LogP contribution >= 0.6 is 0 Å². The summed E-state index contributed by atoms with van der Waals surface area (Å²) in [6, 6.07) is 0. The molecule has 0 bridgehead atoms. The highest BCUT2D eigenvalue weighted by Gasteiger charge is 2.23. The van der Waals surface area contributed by atoms with Crippen LogP contribution in [0.25, 0.3) is 0 Å². The predicted octanol–water partition coefficient (Wildman–Crippen LogP) is 2.25. The molecule has 3 N–H and O–H groups in total. The third kappa shape index (κ3) is 3.07. The van der Waals surface area contributed by atoms with Gasteiger partial charge in [0, 0.05) is 0 Å². The molecular formula is C12H19FN4O. The van der Waals surface area contributed by atoms with Crippen LogP contribution in [-0.4, -0.2) is 16.1 Å². The fraction of sp³-hybridized carbons (Fsp3) is 0.667. The summed E-state index contributed by atoms with van der Waals surface area (Å²) in [6.07, 6.45) is 6.52. The van der Waals surface area contributed by atoms with Crippen molar-refractivity contribution in [2.75, 3.05) is 5.43 Å². The second kappa shape index (κ2) is 5.95. The Labute approximate surface area is 106 Å². The number of nitrogens with one attached hydrogen (secondary N) is 1. The number of nitrogens with zero attached hydrogens (tertiary/aromatic N) is 2. The highest BCUT2D eigenvalue weighted by atomic mass is 19.1. The molecule has 1 fully saturated rings. The monoisotopic (exact) mass is 254 g/mol. The van der Waals surface area contributed by atoms with E-state index in [1.807, 2.05) is 0 Å². The summed E-state index contributed by atoms with van der Waals surface area (Å²) in [7, 11) is 0. The van der Waals surface area contributed by atoms with Gasteiger partial charge in [-0.15, -0.1) is 0 Å². The van der Waals surface area contributed by atoms with Crippen LogP contribution in [0.1, 0.15) is 39.0 Å². The standard InChI is InChI=1S/C12H19FN4O/c1-2-8-4-3-5-9(6-8)18-11-10(13)7-15-12(16-11)17-14/h7-9H,2-6,14H2,1H3,(H,15,16,17). The summed E-state index contributed by atoms with van der Waals surface area (Å²) in [5.74, 6) is 5.46. The fourth-order valence-electron chi connectivity index (χ4n) is 2.38. The first-order valence-electron chi connectivity index (χ1n) is 6.38. The molecular weight excluding hydrogens is 235 g/mol. The van der Waals surface area contributed by atoms with Crippen LogP contribution in [0, 0.1) is 11.7 Å². The number of hydrazine groups is 1. The van der Waals surface area contributed by atoms with Gasteiger partial charge in [-0.05, 0) is 25.2 Å². The van der Waals surface area contributed by atoms with Gasteiger partial charge in [-0.2, -0.15) is 9.37 Å². The average Bonchev–Trinajstić information content (AvgIpc) is 2.41. The summed E-state index contributed by atoms with van der Waals surface area (Å²) >= 11 is 0. The van der Waals surface area contributed by atoms with Gasteiger partial charge >= 0.3 is 0 Å². The van der Waals surface area contributed by atoms with Gasteiger partial charge in [-0.1, -0.05) is 19.8 Å². The van der Waals surface area contributed by atoms with Crippen molar-refractivity contribution in [2.45, 2.75) is 45.1 Å². The molecule has 0 saturated heterocycles. The van der Waals surface area contributed by atoms with Gasteiger partial charge in [0.25, 0.3) is 5.88 Å². The van der Waals surface area contributed by atoms with Crippen LogP contribution in [0.3, 0.4) is 0 Å². The van der Waals surface area contributed by atoms with Crippen molar-refractivity contribution >= 4 is 5.95 Å². The molecule has 5 nitrogen and oxygen atoms in total. The van der Waals surface area contributed by atoms with Crippen molar-refractivity contribution in [3.05, 3.63) is 12.0 Å². The average molecular weight is 254 g/mol. The molecule has 1 aromatic heterocycles. The Kier molecular flexibility index (Phi) is 4.30. The van der Waals surface area contributed by atoms with E-state index in [2.05, 4.69) is 22.3 Å². The maximum absolute atomic E-state index is 13.5. The van der Waals surface area contributed by atoms with E-state index in [1.54, 1.807) is 0 Å². The molecule has 1 saturated carbocycles. The Morgan fingerprint density at radius 3 is 3.11 bits per heavy atom. The molecule has 1 heterocycles. The summed E-state index contributed by atoms with van der Waals surface area (Å²) in [4.78, 5) is 7.57. The zero-order chi connectivity index (χ0) is 13.0. The van der Waals surface area contributed by atoms with E-state index >= 15 is 0 Å². The van der Waals surface area contributed by atoms with Crippen molar-refractivity contribution in [1.82, 2.24) is 9.97 Å². The SMILES string of the molecule is CCC1CCCC(Oc2nc(NN)ncc2F)C1. The number of anilines is 1. The lowest BCUT2D eigenvalue weighted by molar-refractivity contribution is 0.112. The molecule has 0 aliphatic heterocycles. The van der Waals surface area contributed by atoms with Gasteiger partial charge in [-0.25, -0.2) is 10.8 Å². The topological polar surface area (TPSA) is 73.1 Å². The number of aromatic nitrogens is 2. The van der Waals surface area contributed by atoms with Gasteiger partial charge in [0.1, 0.15) is 6.10 Å². The molecule has 1 aliphatic carbocycles. The maximum atomic E-state index is 13.5. The Morgan fingerprint density at radius 2 is 2.39 bits per heavy atom. The smallest absolute Gasteiger partial charge is 0.255 e. The molecule has 2 rings (SSSR count). The van der Waals surface area contributed by atoms with Crippen LogP contribution in [0.4, 0.5) is 10.3 Å². The van der Waals surface area contributed by atoms with E-state index in [0.717, 1.165) is 31.9 Å². The first-order valence-corrected chi connectivity index (χ1v) is 6.38. The van der Waals surface area contributed by atoms with E-state index in [9.17, 15) is 4.39 Å². The second-order valence-corrected chi connectivity index (χ2v) is 4.67. The zero-order valence-corrected chi connectivity index (χ0v) is 10.5. The van der Waals surface area contributed by atoms with Crippen LogP contribution in [0.15, 0.2) is 6.20 Å². The second-order valence-electron chi connectivity index (χ2n) is 4.67. The summed E-state index contributed by atoms with van der Waals surface area (Å²) < 4.78 is 19.2.